The van der Waals surface area contributed by atoms with Gasteiger partial charge >= 0.3 is 0 Å². The van der Waals surface area contributed by atoms with E-state index >= 15 is 0 Å². The van der Waals surface area contributed by atoms with Gasteiger partial charge in [-0.25, -0.2) is 9.07 Å². The molecule has 1 atom stereocenters. The minimum Gasteiger partial charge on any atom is -0.496 e. The first-order valence-electron chi connectivity index (χ1n) is 8.58. The van der Waals surface area contributed by atoms with E-state index in [0.29, 0.717) is 23.2 Å². The fourth-order valence-electron chi connectivity index (χ4n) is 3.24. The lowest BCUT2D eigenvalue weighted by Gasteiger charge is -2.26. The molecule has 0 radical (unpaired) electrons. The van der Waals surface area contributed by atoms with Crippen molar-refractivity contribution in [3.05, 3.63) is 65.7 Å². The van der Waals surface area contributed by atoms with E-state index in [1.165, 1.54) is 18.5 Å². The molecule has 0 amide bonds. The van der Waals surface area contributed by atoms with E-state index in [4.69, 9.17) is 14.2 Å². The lowest BCUT2D eigenvalue weighted by atomic mass is 10.00. The molecule has 0 bridgehead atoms. The SMILES string of the molecule is COc1cc(OC)c(C2C=C(c3ccc(F)cc3)Nc3ncnn32)cc1OC. The van der Waals surface area contributed by atoms with E-state index in [2.05, 4.69) is 15.4 Å². The summed E-state index contributed by atoms with van der Waals surface area (Å²) in [4.78, 5) is 4.29. The Balaban J connectivity index is 1.87. The molecule has 1 unspecified atom stereocenters. The van der Waals surface area contributed by atoms with Gasteiger partial charge in [0.1, 0.15) is 23.9 Å². The largest absolute Gasteiger partial charge is 0.496 e. The van der Waals surface area contributed by atoms with E-state index in [0.717, 1.165) is 16.8 Å². The van der Waals surface area contributed by atoms with Gasteiger partial charge in [0.15, 0.2) is 11.5 Å². The molecule has 0 spiro atoms. The van der Waals surface area contributed by atoms with Crippen LogP contribution in [0.1, 0.15) is 17.2 Å². The molecule has 2 aromatic carbocycles. The maximum Gasteiger partial charge on any atom is 0.226 e. The zero-order valence-electron chi connectivity index (χ0n) is 15.6. The quantitative estimate of drug-likeness (QED) is 0.728. The summed E-state index contributed by atoms with van der Waals surface area (Å²) in [6, 6.07) is 9.59. The van der Waals surface area contributed by atoms with Gasteiger partial charge in [-0.3, -0.25) is 0 Å². The standard InChI is InChI=1S/C20H19FN4O3/c1-26-17-10-19(28-3)18(27-2)8-14(17)16-9-15(12-4-6-13(21)7-5-12)24-20-22-11-23-25(16)20/h4-11,16H,1-3H3,(H,22,23,24). The highest BCUT2D eigenvalue weighted by molar-refractivity contribution is 5.77. The molecule has 1 aliphatic heterocycles. The molecule has 28 heavy (non-hydrogen) atoms. The van der Waals surface area contributed by atoms with E-state index < -0.39 is 0 Å². The molecule has 3 aromatic rings. The number of nitrogens with zero attached hydrogens (tertiary/aromatic N) is 3. The minimum absolute atomic E-state index is 0.290. The van der Waals surface area contributed by atoms with Crippen molar-refractivity contribution in [2.45, 2.75) is 6.04 Å². The highest BCUT2D eigenvalue weighted by Gasteiger charge is 2.27. The Morgan fingerprint density at radius 3 is 2.32 bits per heavy atom. The van der Waals surface area contributed by atoms with Crippen LogP contribution >= 0.6 is 0 Å². The number of aromatic nitrogens is 3. The third kappa shape index (κ3) is 3.02. The Morgan fingerprint density at radius 1 is 0.964 bits per heavy atom. The molecule has 2 heterocycles. The second-order valence-corrected chi connectivity index (χ2v) is 6.13. The van der Waals surface area contributed by atoms with Crippen LogP contribution in [-0.4, -0.2) is 36.1 Å². The lowest BCUT2D eigenvalue weighted by molar-refractivity contribution is 0.346. The van der Waals surface area contributed by atoms with Crippen molar-refractivity contribution < 1.29 is 18.6 Å². The summed E-state index contributed by atoms with van der Waals surface area (Å²) in [5.41, 5.74) is 2.45. The number of nitrogens with one attached hydrogen (secondary N) is 1. The van der Waals surface area contributed by atoms with Gasteiger partial charge < -0.3 is 19.5 Å². The molecule has 0 fully saturated rings. The Labute approximate surface area is 161 Å². The summed E-state index contributed by atoms with van der Waals surface area (Å²) in [6.07, 6.45) is 3.46. The van der Waals surface area contributed by atoms with Crippen LogP contribution in [0.2, 0.25) is 0 Å². The van der Waals surface area contributed by atoms with E-state index in [1.54, 1.807) is 44.2 Å². The van der Waals surface area contributed by atoms with Crippen LogP contribution in [0.3, 0.4) is 0 Å². The molecule has 4 rings (SSSR count). The van der Waals surface area contributed by atoms with Crippen molar-refractivity contribution in [1.29, 1.82) is 0 Å². The Hall–Kier alpha value is -3.55. The molecule has 0 saturated heterocycles. The van der Waals surface area contributed by atoms with Gasteiger partial charge in [-0.05, 0) is 42.0 Å². The summed E-state index contributed by atoms with van der Waals surface area (Å²) in [5, 5.41) is 7.57. The van der Waals surface area contributed by atoms with Crippen molar-refractivity contribution in [3.63, 3.8) is 0 Å². The van der Waals surface area contributed by atoms with Crippen LogP contribution in [0.4, 0.5) is 10.3 Å². The molecule has 7 nitrogen and oxygen atoms in total. The van der Waals surface area contributed by atoms with E-state index in [9.17, 15) is 4.39 Å². The molecule has 8 heteroatoms. The number of hydrogen-bond donors (Lipinski definition) is 1. The molecule has 1 aliphatic rings. The van der Waals surface area contributed by atoms with Crippen LogP contribution in [0.15, 0.2) is 48.8 Å². The smallest absolute Gasteiger partial charge is 0.226 e. The van der Waals surface area contributed by atoms with Crippen LogP contribution in [0.25, 0.3) is 5.70 Å². The van der Waals surface area contributed by atoms with Gasteiger partial charge in [-0.15, -0.1) is 0 Å². The predicted molar refractivity (Wildman–Crippen MR) is 102 cm³/mol. The van der Waals surface area contributed by atoms with Crippen molar-refractivity contribution in [3.8, 4) is 17.2 Å². The molecule has 144 valence electrons. The van der Waals surface area contributed by atoms with Gasteiger partial charge in [-0.1, -0.05) is 0 Å². The second kappa shape index (κ2) is 7.22. The molecular weight excluding hydrogens is 363 g/mol. The van der Waals surface area contributed by atoms with Crippen molar-refractivity contribution in [1.82, 2.24) is 14.8 Å². The molecule has 0 saturated carbocycles. The molecule has 1 aromatic heterocycles. The average Bonchev–Trinajstić information content (AvgIpc) is 3.21. The Morgan fingerprint density at radius 2 is 1.64 bits per heavy atom. The van der Waals surface area contributed by atoms with Gasteiger partial charge in [0.25, 0.3) is 0 Å². The Bertz CT molecular complexity index is 1030. The number of anilines is 1. The van der Waals surface area contributed by atoms with E-state index in [1.807, 2.05) is 12.1 Å². The van der Waals surface area contributed by atoms with Crippen LogP contribution in [0.5, 0.6) is 17.2 Å². The number of ether oxygens (including phenoxy) is 3. The topological polar surface area (TPSA) is 70.4 Å². The fraction of sp³-hybridized carbons (Fsp3) is 0.200. The number of hydrogen-bond acceptors (Lipinski definition) is 6. The third-order valence-corrected chi connectivity index (χ3v) is 4.62. The van der Waals surface area contributed by atoms with Gasteiger partial charge in [0.05, 0.1) is 21.3 Å². The zero-order valence-corrected chi connectivity index (χ0v) is 15.6. The summed E-state index contributed by atoms with van der Waals surface area (Å²) in [7, 11) is 4.75. The van der Waals surface area contributed by atoms with Crippen molar-refractivity contribution in [2.24, 2.45) is 0 Å². The maximum absolute atomic E-state index is 13.3. The minimum atomic E-state index is -0.312. The number of methoxy groups -OCH3 is 3. The van der Waals surface area contributed by atoms with Gasteiger partial charge in [0.2, 0.25) is 5.95 Å². The molecule has 1 N–H and O–H groups in total. The number of fused-ring (bicyclic) bond motifs is 1. The first kappa shape index (κ1) is 17.8. The number of halogens is 1. The van der Waals surface area contributed by atoms with Gasteiger partial charge in [0, 0.05) is 17.3 Å². The highest BCUT2D eigenvalue weighted by Crippen LogP contribution is 2.41. The predicted octanol–water partition coefficient (Wildman–Crippen LogP) is 3.50. The number of rotatable bonds is 5. The van der Waals surface area contributed by atoms with Crippen LogP contribution in [0, 0.1) is 5.82 Å². The molecule has 0 aliphatic carbocycles. The number of benzene rings is 2. The van der Waals surface area contributed by atoms with Crippen LogP contribution < -0.4 is 19.5 Å². The second-order valence-electron chi connectivity index (χ2n) is 6.13. The maximum atomic E-state index is 13.3. The molecular formula is C20H19FN4O3. The average molecular weight is 382 g/mol. The lowest BCUT2D eigenvalue weighted by Crippen LogP contribution is -2.20. The Kier molecular flexibility index (Phi) is 4.60. The number of allylic oxidation sites excluding steroid dienone is 1. The highest BCUT2D eigenvalue weighted by atomic mass is 19.1. The summed E-state index contributed by atoms with van der Waals surface area (Å²) >= 11 is 0. The van der Waals surface area contributed by atoms with Crippen molar-refractivity contribution >= 4 is 11.6 Å². The monoisotopic (exact) mass is 382 g/mol. The zero-order chi connectivity index (χ0) is 19.7. The van der Waals surface area contributed by atoms with Crippen molar-refractivity contribution in [2.75, 3.05) is 26.6 Å². The normalized spacial score (nSPS) is 15.3. The summed E-state index contributed by atoms with van der Waals surface area (Å²) in [5.74, 6) is 2.06. The fourth-order valence-corrected chi connectivity index (χ4v) is 3.24. The van der Waals surface area contributed by atoms with Gasteiger partial charge in [-0.2, -0.15) is 10.1 Å². The first-order valence-corrected chi connectivity index (χ1v) is 8.58. The first-order chi connectivity index (χ1) is 13.6. The summed E-state index contributed by atoms with van der Waals surface area (Å²) in [6.45, 7) is 0. The van der Waals surface area contributed by atoms with Crippen LogP contribution in [-0.2, 0) is 0 Å². The summed E-state index contributed by atoms with van der Waals surface area (Å²) < 4.78 is 31.5. The van der Waals surface area contributed by atoms with E-state index in [-0.39, 0.29) is 11.9 Å². The third-order valence-electron chi connectivity index (χ3n) is 4.62.